The molecule has 172 valence electrons. The minimum atomic E-state index is 0.0896. The highest BCUT2D eigenvalue weighted by molar-refractivity contribution is 5.94. The molecule has 0 unspecified atom stereocenters. The number of carbonyl (C=O) groups excluding carboxylic acids is 1. The van der Waals surface area contributed by atoms with Gasteiger partial charge in [0.15, 0.2) is 0 Å². The maximum Gasteiger partial charge on any atom is 0.253 e. The fraction of sp³-hybridized carbons (Fsp3) is 0.423. The minimum absolute atomic E-state index is 0.0896. The van der Waals surface area contributed by atoms with E-state index in [-0.39, 0.29) is 5.91 Å². The fourth-order valence-electron chi connectivity index (χ4n) is 4.64. The predicted molar refractivity (Wildman–Crippen MR) is 128 cm³/mol. The van der Waals surface area contributed by atoms with Gasteiger partial charge >= 0.3 is 0 Å². The Hall–Kier alpha value is -3.03. The van der Waals surface area contributed by atoms with Crippen molar-refractivity contribution in [1.29, 1.82) is 0 Å². The molecular weight excluding hydrogens is 414 g/mol. The van der Waals surface area contributed by atoms with Gasteiger partial charge in [0, 0.05) is 56.0 Å². The number of carbonyl (C=O) groups is 1. The van der Waals surface area contributed by atoms with Crippen LogP contribution < -0.4 is 0 Å². The molecule has 2 aliphatic rings. The lowest BCUT2D eigenvalue weighted by atomic mass is 10.1. The quantitative estimate of drug-likeness (QED) is 0.578. The average Bonchev–Trinajstić information content (AvgIpc) is 3.55. The van der Waals surface area contributed by atoms with E-state index in [4.69, 9.17) is 4.42 Å². The van der Waals surface area contributed by atoms with Crippen LogP contribution in [-0.2, 0) is 0 Å². The molecule has 33 heavy (non-hydrogen) atoms. The summed E-state index contributed by atoms with van der Waals surface area (Å²) in [5, 5.41) is 8.37. The summed E-state index contributed by atoms with van der Waals surface area (Å²) in [6, 6.07) is 15.5. The highest BCUT2D eigenvalue weighted by Crippen LogP contribution is 2.25. The molecule has 2 fully saturated rings. The van der Waals surface area contributed by atoms with E-state index in [2.05, 4.69) is 20.0 Å². The Morgan fingerprint density at radius 3 is 2.12 bits per heavy atom. The summed E-state index contributed by atoms with van der Waals surface area (Å²) in [6.07, 6.45) is 2.67. The van der Waals surface area contributed by atoms with Crippen molar-refractivity contribution in [3.63, 3.8) is 0 Å². The molecule has 0 spiro atoms. The Balaban J connectivity index is 1.16. The highest BCUT2D eigenvalue weighted by Gasteiger charge is 2.23. The SMILES string of the molecule is Cc1cccc(-c2nnc(-c3ccc(C(=O)N4CCN(CCN5CCCC5)CC4)cc3)o2)c1. The summed E-state index contributed by atoms with van der Waals surface area (Å²) in [7, 11) is 0. The number of piperazine rings is 1. The van der Waals surface area contributed by atoms with Crippen LogP contribution in [0.5, 0.6) is 0 Å². The molecule has 3 aromatic rings. The van der Waals surface area contributed by atoms with Gasteiger partial charge in [-0.1, -0.05) is 17.7 Å². The van der Waals surface area contributed by atoms with E-state index in [0.717, 1.165) is 56.0 Å². The van der Waals surface area contributed by atoms with Crippen molar-refractivity contribution < 1.29 is 9.21 Å². The lowest BCUT2D eigenvalue weighted by Crippen LogP contribution is -2.50. The predicted octanol–water partition coefficient (Wildman–Crippen LogP) is 3.57. The number of aryl methyl sites for hydroxylation is 1. The second-order valence-corrected chi connectivity index (χ2v) is 9.04. The van der Waals surface area contributed by atoms with Gasteiger partial charge in [-0.2, -0.15) is 0 Å². The van der Waals surface area contributed by atoms with Crippen molar-refractivity contribution in [1.82, 2.24) is 24.9 Å². The second kappa shape index (κ2) is 9.85. The van der Waals surface area contributed by atoms with E-state index < -0.39 is 0 Å². The lowest BCUT2D eigenvalue weighted by molar-refractivity contribution is 0.0626. The van der Waals surface area contributed by atoms with Crippen LogP contribution in [-0.4, -0.2) is 83.2 Å². The maximum absolute atomic E-state index is 13.0. The van der Waals surface area contributed by atoms with Gasteiger partial charge < -0.3 is 14.2 Å². The third-order valence-electron chi connectivity index (χ3n) is 6.66. The van der Waals surface area contributed by atoms with Crippen LogP contribution in [0.15, 0.2) is 52.9 Å². The summed E-state index contributed by atoms with van der Waals surface area (Å²) in [6.45, 7) is 10.2. The maximum atomic E-state index is 13.0. The molecule has 7 heteroatoms. The molecule has 5 rings (SSSR count). The second-order valence-electron chi connectivity index (χ2n) is 9.04. The van der Waals surface area contributed by atoms with Gasteiger partial charge in [-0.25, -0.2) is 0 Å². The van der Waals surface area contributed by atoms with Gasteiger partial charge in [-0.3, -0.25) is 9.69 Å². The van der Waals surface area contributed by atoms with Crippen LogP contribution in [0.2, 0.25) is 0 Å². The zero-order valence-electron chi connectivity index (χ0n) is 19.2. The Morgan fingerprint density at radius 2 is 1.45 bits per heavy atom. The molecule has 1 amide bonds. The first-order valence-electron chi connectivity index (χ1n) is 11.9. The van der Waals surface area contributed by atoms with Gasteiger partial charge in [-0.15, -0.1) is 10.2 Å². The smallest absolute Gasteiger partial charge is 0.253 e. The Labute approximate surface area is 195 Å². The molecular formula is C26H31N5O2. The number of benzene rings is 2. The first kappa shape index (κ1) is 21.8. The van der Waals surface area contributed by atoms with Gasteiger partial charge in [0.2, 0.25) is 11.8 Å². The van der Waals surface area contributed by atoms with Gasteiger partial charge in [0.05, 0.1) is 0 Å². The number of hydrogen-bond donors (Lipinski definition) is 0. The monoisotopic (exact) mass is 445 g/mol. The molecule has 0 aliphatic carbocycles. The van der Waals surface area contributed by atoms with E-state index >= 15 is 0 Å². The molecule has 7 nitrogen and oxygen atoms in total. The van der Waals surface area contributed by atoms with E-state index in [1.165, 1.54) is 25.9 Å². The molecule has 3 heterocycles. The van der Waals surface area contributed by atoms with Crippen molar-refractivity contribution in [2.75, 3.05) is 52.4 Å². The number of hydrogen-bond acceptors (Lipinski definition) is 6. The zero-order chi connectivity index (χ0) is 22.6. The van der Waals surface area contributed by atoms with Crippen molar-refractivity contribution >= 4 is 5.91 Å². The Bertz CT molecular complexity index is 1080. The molecule has 0 N–H and O–H groups in total. The zero-order valence-corrected chi connectivity index (χ0v) is 19.2. The number of amides is 1. The van der Waals surface area contributed by atoms with Crippen molar-refractivity contribution in [2.24, 2.45) is 0 Å². The minimum Gasteiger partial charge on any atom is -0.416 e. The fourth-order valence-corrected chi connectivity index (χ4v) is 4.64. The Kier molecular flexibility index (Phi) is 6.51. The number of aromatic nitrogens is 2. The largest absolute Gasteiger partial charge is 0.416 e. The van der Waals surface area contributed by atoms with Crippen LogP contribution in [0.1, 0.15) is 28.8 Å². The summed E-state index contributed by atoms with van der Waals surface area (Å²) in [4.78, 5) is 20.0. The van der Waals surface area contributed by atoms with Crippen LogP contribution in [0.3, 0.4) is 0 Å². The number of nitrogens with zero attached hydrogens (tertiary/aromatic N) is 5. The summed E-state index contributed by atoms with van der Waals surface area (Å²) in [5.74, 6) is 1.04. The summed E-state index contributed by atoms with van der Waals surface area (Å²) < 4.78 is 5.87. The summed E-state index contributed by atoms with van der Waals surface area (Å²) in [5.41, 5.74) is 3.55. The normalized spacial score (nSPS) is 17.5. The van der Waals surface area contributed by atoms with Gasteiger partial charge in [0.25, 0.3) is 5.91 Å². The molecule has 0 saturated carbocycles. The first-order chi connectivity index (χ1) is 16.2. The van der Waals surface area contributed by atoms with Gasteiger partial charge in [0.1, 0.15) is 0 Å². The van der Waals surface area contributed by atoms with Crippen LogP contribution in [0.25, 0.3) is 22.9 Å². The van der Waals surface area contributed by atoms with Gasteiger partial charge in [-0.05, 0) is 69.3 Å². The molecule has 2 aromatic carbocycles. The van der Waals surface area contributed by atoms with Crippen LogP contribution in [0.4, 0.5) is 0 Å². The summed E-state index contributed by atoms with van der Waals surface area (Å²) >= 11 is 0. The van der Waals surface area contributed by atoms with Crippen LogP contribution >= 0.6 is 0 Å². The highest BCUT2D eigenvalue weighted by atomic mass is 16.4. The Morgan fingerprint density at radius 1 is 0.818 bits per heavy atom. The molecule has 0 atom stereocenters. The third kappa shape index (κ3) is 5.15. The molecule has 0 bridgehead atoms. The molecule has 0 radical (unpaired) electrons. The van der Waals surface area contributed by atoms with E-state index in [1.54, 1.807) is 0 Å². The van der Waals surface area contributed by atoms with Crippen LogP contribution in [0, 0.1) is 6.92 Å². The molecule has 1 aromatic heterocycles. The van der Waals surface area contributed by atoms with E-state index in [9.17, 15) is 4.79 Å². The number of likely N-dealkylation sites (tertiary alicyclic amines) is 1. The van der Waals surface area contributed by atoms with E-state index in [0.29, 0.717) is 17.3 Å². The van der Waals surface area contributed by atoms with Crippen molar-refractivity contribution in [3.05, 3.63) is 59.7 Å². The topological polar surface area (TPSA) is 65.7 Å². The van der Waals surface area contributed by atoms with Crippen molar-refractivity contribution in [3.8, 4) is 22.9 Å². The van der Waals surface area contributed by atoms with Crippen molar-refractivity contribution in [2.45, 2.75) is 19.8 Å². The lowest BCUT2D eigenvalue weighted by Gasteiger charge is -2.35. The third-order valence-corrected chi connectivity index (χ3v) is 6.66. The standard InChI is InChI=1S/C26H31N5O2/c1-20-5-4-6-23(19-20)25-28-27-24(33-25)21-7-9-22(10-8-21)26(32)31-17-15-30(16-18-31)14-13-29-11-2-3-12-29/h4-10,19H,2-3,11-18H2,1H3. The first-order valence-corrected chi connectivity index (χ1v) is 11.9. The average molecular weight is 446 g/mol. The molecule has 2 aliphatic heterocycles. The van der Waals surface area contributed by atoms with E-state index in [1.807, 2.05) is 60.4 Å². The molecule has 2 saturated heterocycles. The number of rotatable bonds is 6.